The summed E-state index contributed by atoms with van der Waals surface area (Å²) in [5.74, 6) is 0. The van der Waals surface area contributed by atoms with Gasteiger partial charge in [0.2, 0.25) is 0 Å². The monoisotopic (exact) mass is 249 g/mol. The van der Waals surface area contributed by atoms with Crippen LogP contribution in [0.1, 0.15) is 12.5 Å². The van der Waals surface area contributed by atoms with Gasteiger partial charge in [0.1, 0.15) is 0 Å². The molecule has 0 saturated heterocycles. The number of aromatic nitrogens is 1. The molecule has 15 heavy (non-hydrogen) atoms. The van der Waals surface area contributed by atoms with Crippen LogP contribution < -0.4 is 9.44 Å². The van der Waals surface area contributed by atoms with E-state index in [2.05, 4.69) is 14.4 Å². The van der Waals surface area contributed by atoms with Gasteiger partial charge in [0.25, 0.3) is 10.2 Å². The van der Waals surface area contributed by atoms with Gasteiger partial charge in [-0.25, -0.2) is 4.98 Å². The molecule has 0 atom stereocenters. The molecule has 0 amide bonds. The van der Waals surface area contributed by atoms with Crippen LogP contribution in [0.5, 0.6) is 0 Å². The molecule has 0 spiro atoms. The molecular formula is C8H12ClN3O2S. The molecule has 0 aliphatic heterocycles. The first-order chi connectivity index (χ1) is 6.94. The van der Waals surface area contributed by atoms with Crippen LogP contribution in [-0.2, 0) is 10.2 Å². The van der Waals surface area contributed by atoms with Crippen molar-refractivity contribution in [1.29, 1.82) is 0 Å². The summed E-state index contributed by atoms with van der Waals surface area (Å²) in [5, 5.41) is 0.127. The van der Waals surface area contributed by atoms with Gasteiger partial charge in [0.05, 0.1) is 5.69 Å². The fourth-order valence-electron chi connectivity index (χ4n) is 0.995. The van der Waals surface area contributed by atoms with Gasteiger partial charge in [-0.3, -0.25) is 4.72 Å². The average molecular weight is 250 g/mol. The Morgan fingerprint density at radius 3 is 2.80 bits per heavy atom. The van der Waals surface area contributed by atoms with Gasteiger partial charge in [0, 0.05) is 12.7 Å². The Morgan fingerprint density at radius 1 is 1.53 bits per heavy atom. The lowest BCUT2D eigenvalue weighted by Gasteiger charge is -2.09. The van der Waals surface area contributed by atoms with Crippen LogP contribution in [0.25, 0.3) is 0 Å². The summed E-state index contributed by atoms with van der Waals surface area (Å²) in [6.45, 7) is 3.80. The Hall–Kier alpha value is -0.850. The number of hydrogen-bond acceptors (Lipinski definition) is 3. The number of anilines is 1. The van der Waals surface area contributed by atoms with Gasteiger partial charge in [-0.1, -0.05) is 18.5 Å². The van der Waals surface area contributed by atoms with E-state index in [-0.39, 0.29) is 10.8 Å². The van der Waals surface area contributed by atoms with Crippen LogP contribution >= 0.6 is 11.6 Å². The smallest absolute Gasteiger partial charge is 0.268 e. The third kappa shape index (κ3) is 3.65. The number of pyridine rings is 1. The summed E-state index contributed by atoms with van der Waals surface area (Å²) in [5.41, 5.74) is 1.10. The van der Waals surface area contributed by atoms with E-state index in [0.29, 0.717) is 6.54 Å². The second-order valence-corrected chi connectivity index (χ2v) is 4.81. The highest BCUT2D eigenvalue weighted by molar-refractivity contribution is 7.90. The highest BCUT2D eigenvalue weighted by Gasteiger charge is 2.11. The molecule has 0 radical (unpaired) electrons. The van der Waals surface area contributed by atoms with Crippen molar-refractivity contribution in [3.05, 3.63) is 23.0 Å². The molecule has 0 fully saturated rings. The van der Waals surface area contributed by atoms with Gasteiger partial charge in [-0.05, 0) is 18.6 Å². The first-order valence-electron chi connectivity index (χ1n) is 4.34. The highest BCUT2D eigenvalue weighted by atomic mass is 35.5. The largest absolute Gasteiger partial charge is 0.299 e. The van der Waals surface area contributed by atoms with Gasteiger partial charge in [0.15, 0.2) is 5.15 Å². The SMILES string of the molecule is CCNS(=O)(=O)Nc1cc(C)cnc1Cl. The number of hydrogen-bond donors (Lipinski definition) is 2. The number of nitrogens with zero attached hydrogens (tertiary/aromatic N) is 1. The molecule has 0 aliphatic carbocycles. The molecule has 1 heterocycles. The topological polar surface area (TPSA) is 71.1 Å². The van der Waals surface area contributed by atoms with Gasteiger partial charge in [-0.15, -0.1) is 0 Å². The van der Waals surface area contributed by atoms with Gasteiger partial charge in [-0.2, -0.15) is 13.1 Å². The number of halogens is 1. The third-order valence-corrected chi connectivity index (χ3v) is 3.01. The zero-order valence-electron chi connectivity index (χ0n) is 8.41. The van der Waals surface area contributed by atoms with E-state index >= 15 is 0 Å². The van der Waals surface area contributed by atoms with Crippen LogP contribution in [0.2, 0.25) is 5.15 Å². The lowest BCUT2D eigenvalue weighted by molar-refractivity contribution is 0.589. The first kappa shape index (κ1) is 12.2. The Kier molecular flexibility index (Phi) is 3.90. The van der Waals surface area contributed by atoms with E-state index < -0.39 is 10.2 Å². The standard InChI is InChI=1S/C8H12ClN3O2S/c1-3-11-15(13,14)12-7-4-6(2)5-10-8(7)9/h4-5,11-12H,3H2,1-2H3. The minimum atomic E-state index is -3.55. The van der Waals surface area contributed by atoms with Crippen molar-refractivity contribution in [3.63, 3.8) is 0 Å². The maximum atomic E-state index is 11.4. The average Bonchev–Trinajstić information content (AvgIpc) is 2.10. The second kappa shape index (κ2) is 4.78. The van der Waals surface area contributed by atoms with E-state index in [1.54, 1.807) is 26.1 Å². The molecule has 0 aliphatic rings. The normalized spacial score (nSPS) is 11.4. The molecule has 0 saturated carbocycles. The predicted octanol–water partition coefficient (Wildman–Crippen LogP) is 1.31. The van der Waals surface area contributed by atoms with Crippen molar-refractivity contribution >= 4 is 27.5 Å². The quantitative estimate of drug-likeness (QED) is 0.791. The molecule has 1 rings (SSSR count). The van der Waals surface area contributed by atoms with E-state index in [1.165, 1.54) is 0 Å². The number of rotatable bonds is 4. The number of nitrogens with one attached hydrogen (secondary N) is 2. The highest BCUT2D eigenvalue weighted by Crippen LogP contribution is 2.20. The van der Waals surface area contributed by atoms with Crippen molar-refractivity contribution in [1.82, 2.24) is 9.71 Å². The lowest BCUT2D eigenvalue weighted by Crippen LogP contribution is -2.29. The van der Waals surface area contributed by atoms with Gasteiger partial charge >= 0.3 is 0 Å². The predicted molar refractivity (Wildman–Crippen MR) is 60.2 cm³/mol. The molecule has 1 aromatic rings. The van der Waals surface area contributed by atoms with Crippen LogP contribution in [0.3, 0.4) is 0 Å². The summed E-state index contributed by atoms with van der Waals surface area (Å²) in [7, 11) is -3.55. The number of aryl methyl sites for hydroxylation is 1. The summed E-state index contributed by atoms with van der Waals surface area (Å²) >= 11 is 5.74. The van der Waals surface area contributed by atoms with E-state index in [0.717, 1.165) is 5.56 Å². The van der Waals surface area contributed by atoms with Crippen molar-refractivity contribution in [2.75, 3.05) is 11.3 Å². The van der Waals surface area contributed by atoms with Gasteiger partial charge < -0.3 is 0 Å². The molecule has 0 bridgehead atoms. The maximum Gasteiger partial charge on any atom is 0.299 e. The molecule has 0 aromatic carbocycles. The fraction of sp³-hybridized carbons (Fsp3) is 0.375. The Morgan fingerprint density at radius 2 is 2.20 bits per heavy atom. The van der Waals surface area contributed by atoms with E-state index in [9.17, 15) is 8.42 Å². The fourth-order valence-corrected chi connectivity index (χ4v) is 2.10. The molecule has 0 unspecified atom stereocenters. The van der Waals surface area contributed by atoms with Crippen molar-refractivity contribution in [3.8, 4) is 0 Å². The van der Waals surface area contributed by atoms with Crippen LogP contribution in [-0.4, -0.2) is 19.9 Å². The zero-order valence-corrected chi connectivity index (χ0v) is 9.98. The Labute approximate surface area is 94.0 Å². The first-order valence-corrected chi connectivity index (χ1v) is 6.20. The molecule has 2 N–H and O–H groups in total. The van der Waals surface area contributed by atoms with Crippen molar-refractivity contribution in [2.24, 2.45) is 0 Å². The minimum Gasteiger partial charge on any atom is -0.268 e. The van der Waals surface area contributed by atoms with E-state index in [4.69, 9.17) is 11.6 Å². The van der Waals surface area contributed by atoms with Crippen molar-refractivity contribution in [2.45, 2.75) is 13.8 Å². The summed E-state index contributed by atoms with van der Waals surface area (Å²) in [4.78, 5) is 3.83. The maximum absolute atomic E-state index is 11.4. The van der Waals surface area contributed by atoms with Crippen LogP contribution in [0, 0.1) is 6.92 Å². The lowest BCUT2D eigenvalue weighted by atomic mass is 10.3. The molecular weight excluding hydrogens is 238 g/mol. The molecule has 1 aromatic heterocycles. The van der Waals surface area contributed by atoms with Crippen LogP contribution in [0.15, 0.2) is 12.3 Å². The second-order valence-electron chi connectivity index (χ2n) is 2.95. The minimum absolute atomic E-state index is 0.127. The Bertz CT molecular complexity index is 447. The van der Waals surface area contributed by atoms with Crippen LogP contribution in [0.4, 0.5) is 5.69 Å². The third-order valence-electron chi connectivity index (χ3n) is 1.55. The Balaban J connectivity index is 2.94. The summed E-state index contributed by atoms with van der Waals surface area (Å²) in [6.07, 6.45) is 1.56. The van der Waals surface area contributed by atoms with Crippen molar-refractivity contribution < 1.29 is 8.42 Å². The molecule has 5 nitrogen and oxygen atoms in total. The van der Waals surface area contributed by atoms with E-state index in [1.807, 2.05) is 0 Å². The zero-order chi connectivity index (χ0) is 11.5. The molecule has 84 valence electrons. The summed E-state index contributed by atoms with van der Waals surface area (Å²) < 4.78 is 27.3. The molecule has 7 heteroatoms. The summed E-state index contributed by atoms with van der Waals surface area (Å²) in [6, 6.07) is 1.62.